The molecule has 166 valence electrons. The van der Waals surface area contributed by atoms with Crippen molar-refractivity contribution in [1.29, 1.82) is 0 Å². The first-order chi connectivity index (χ1) is 15.4. The van der Waals surface area contributed by atoms with Gasteiger partial charge in [0.15, 0.2) is 5.78 Å². The summed E-state index contributed by atoms with van der Waals surface area (Å²) in [5.74, 6) is -1.37. The minimum absolute atomic E-state index is 0.0298. The minimum Gasteiger partial charge on any atom is -0.488 e. The van der Waals surface area contributed by atoms with Crippen LogP contribution in [-0.2, 0) is 19.4 Å². The molecule has 3 nitrogen and oxygen atoms in total. The van der Waals surface area contributed by atoms with Gasteiger partial charge in [0.25, 0.3) is 0 Å². The smallest absolute Gasteiger partial charge is 0.423 e. The van der Waals surface area contributed by atoms with E-state index < -0.39 is 17.5 Å². The summed E-state index contributed by atoms with van der Waals surface area (Å²) < 4.78 is 53.9. The van der Waals surface area contributed by atoms with E-state index in [0.717, 1.165) is 12.0 Å². The van der Waals surface area contributed by atoms with Crippen molar-refractivity contribution in [3.63, 3.8) is 0 Å². The lowest BCUT2D eigenvalue weighted by Crippen LogP contribution is -2.24. The van der Waals surface area contributed by atoms with Gasteiger partial charge >= 0.3 is 6.18 Å². The highest BCUT2D eigenvalue weighted by molar-refractivity contribution is 6.01. The molecule has 4 rings (SSSR count). The molecule has 0 bridgehead atoms. The SMILES string of the molecule is O=C(c1ccc(OCc2ccccc2)c(C(F)(F)F)c1OCc1ccccc1)C1CCC1. The van der Waals surface area contributed by atoms with Gasteiger partial charge in [-0.2, -0.15) is 13.2 Å². The third-order valence-electron chi connectivity index (χ3n) is 5.61. The van der Waals surface area contributed by atoms with Crippen molar-refractivity contribution in [3.8, 4) is 11.5 Å². The Labute approximate surface area is 184 Å². The zero-order valence-electron chi connectivity index (χ0n) is 17.4. The van der Waals surface area contributed by atoms with Crippen LogP contribution in [0.25, 0.3) is 0 Å². The standard InChI is InChI=1S/C26H23F3O3/c27-26(28,29)23-22(31-16-18-8-3-1-4-9-18)15-14-21(24(30)20-12-7-13-20)25(23)32-17-19-10-5-2-6-11-19/h1-6,8-11,14-15,20H,7,12-13,16-17H2. The van der Waals surface area contributed by atoms with E-state index in [1.165, 1.54) is 12.1 Å². The molecule has 0 spiro atoms. The lowest BCUT2D eigenvalue weighted by molar-refractivity contribution is -0.140. The number of carbonyl (C=O) groups excluding carboxylic acids is 1. The van der Waals surface area contributed by atoms with Crippen molar-refractivity contribution in [3.05, 3.63) is 95.1 Å². The summed E-state index contributed by atoms with van der Waals surface area (Å²) in [4.78, 5) is 12.9. The van der Waals surface area contributed by atoms with Gasteiger partial charge in [-0.05, 0) is 36.1 Å². The number of carbonyl (C=O) groups is 1. The number of ketones is 1. The maximum atomic E-state index is 14.2. The van der Waals surface area contributed by atoms with Gasteiger partial charge in [-0.15, -0.1) is 0 Å². The molecular formula is C26H23F3O3. The Morgan fingerprint density at radius 3 is 1.88 bits per heavy atom. The number of hydrogen-bond acceptors (Lipinski definition) is 3. The predicted octanol–water partition coefficient (Wildman–Crippen LogP) is 6.85. The number of Topliss-reactive ketones (excluding diaryl/α,β-unsaturated/α-hetero) is 1. The fourth-order valence-corrected chi connectivity index (χ4v) is 3.65. The number of rotatable bonds is 8. The predicted molar refractivity (Wildman–Crippen MR) is 115 cm³/mol. The van der Waals surface area contributed by atoms with Crippen LogP contribution in [0.4, 0.5) is 13.2 Å². The molecule has 0 atom stereocenters. The molecule has 1 saturated carbocycles. The van der Waals surface area contributed by atoms with Crippen molar-refractivity contribution in [1.82, 2.24) is 0 Å². The van der Waals surface area contributed by atoms with E-state index in [1.54, 1.807) is 48.5 Å². The number of ether oxygens (including phenoxy) is 2. The molecule has 6 heteroatoms. The number of halogens is 3. The second-order valence-electron chi connectivity index (χ2n) is 7.85. The maximum Gasteiger partial charge on any atom is 0.423 e. The molecule has 0 aliphatic heterocycles. The van der Waals surface area contributed by atoms with Gasteiger partial charge in [-0.1, -0.05) is 67.1 Å². The Bertz CT molecular complexity index is 1060. The summed E-state index contributed by atoms with van der Waals surface area (Å²) in [6, 6.07) is 20.5. The first-order valence-electron chi connectivity index (χ1n) is 10.6. The van der Waals surface area contributed by atoms with Crippen LogP contribution in [-0.4, -0.2) is 5.78 Å². The Hall–Kier alpha value is -3.28. The molecule has 0 unspecified atom stereocenters. The molecule has 0 heterocycles. The third-order valence-corrected chi connectivity index (χ3v) is 5.61. The number of alkyl halides is 3. The highest BCUT2D eigenvalue weighted by atomic mass is 19.4. The molecule has 3 aromatic carbocycles. The van der Waals surface area contributed by atoms with Gasteiger partial charge in [0.1, 0.15) is 30.3 Å². The van der Waals surface area contributed by atoms with Crippen molar-refractivity contribution in [2.24, 2.45) is 5.92 Å². The average molecular weight is 440 g/mol. The molecule has 1 aliphatic carbocycles. The van der Waals surface area contributed by atoms with Gasteiger partial charge in [-0.3, -0.25) is 4.79 Å². The van der Waals surface area contributed by atoms with Gasteiger partial charge in [0, 0.05) is 5.92 Å². The molecule has 0 amide bonds. The molecule has 3 aromatic rings. The van der Waals surface area contributed by atoms with Gasteiger partial charge in [-0.25, -0.2) is 0 Å². The lowest BCUT2D eigenvalue weighted by Gasteiger charge is -2.26. The summed E-state index contributed by atoms with van der Waals surface area (Å²) in [5, 5.41) is 0. The van der Waals surface area contributed by atoms with E-state index in [9.17, 15) is 18.0 Å². The third kappa shape index (κ3) is 4.96. The first-order valence-corrected chi connectivity index (χ1v) is 10.6. The number of hydrogen-bond donors (Lipinski definition) is 0. The van der Waals surface area contributed by atoms with E-state index in [1.807, 2.05) is 12.1 Å². The molecular weight excluding hydrogens is 417 g/mol. The van der Waals surface area contributed by atoms with Crippen LogP contribution in [0.1, 0.15) is 46.3 Å². The average Bonchev–Trinajstić information content (AvgIpc) is 2.75. The van der Waals surface area contributed by atoms with Crippen molar-refractivity contribution < 1.29 is 27.4 Å². The summed E-state index contributed by atoms with van der Waals surface area (Å²) in [6.45, 7) is -0.116. The van der Waals surface area contributed by atoms with E-state index in [4.69, 9.17) is 9.47 Å². The quantitative estimate of drug-likeness (QED) is 0.360. The van der Waals surface area contributed by atoms with Crippen molar-refractivity contribution in [2.45, 2.75) is 38.7 Å². The normalized spacial score (nSPS) is 14.0. The Morgan fingerprint density at radius 1 is 0.812 bits per heavy atom. The zero-order valence-corrected chi connectivity index (χ0v) is 17.4. The van der Waals surface area contributed by atoms with E-state index in [2.05, 4.69) is 0 Å². The largest absolute Gasteiger partial charge is 0.488 e. The van der Waals surface area contributed by atoms with Crippen LogP contribution in [0, 0.1) is 5.92 Å². The topological polar surface area (TPSA) is 35.5 Å². The fraction of sp³-hybridized carbons (Fsp3) is 0.269. The van der Waals surface area contributed by atoms with Crippen LogP contribution in [0.5, 0.6) is 11.5 Å². The van der Waals surface area contributed by atoms with E-state index in [-0.39, 0.29) is 36.2 Å². The van der Waals surface area contributed by atoms with Crippen molar-refractivity contribution >= 4 is 5.78 Å². The summed E-state index contributed by atoms with van der Waals surface area (Å²) in [5.41, 5.74) is 0.361. The Balaban J connectivity index is 1.72. The molecule has 0 aromatic heterocycles. The van der Waals surface area contributed by atoms with E-state index in [0.29, 0.717) is 18.4 Å². The van der Waals surface area contributed by atoms with Gasteiger partial charge in [0.05, 0.1) is 5.56 Å². The molecule has 1 aliphatic rings. The van der Waals surface area contributed by atoms with Crippen LogP contribution in [0.15, 0.2) is 72.8 Å². The zero-order chi connectivity index (χ0) is 22.6. The maximum absolute atomic E-state index is 14.2. The molecule has 1 fully saturated rings. The second-order valence-corrected chi connectivity index (χ2v) is 7.85. The Morgan fingerprint density at radius 2 is 1.38 bits per heavy atom. The highest BCUT2D eigenvalue weighted by Crippen LogP contribution is 2.46. The second kappa shape index (κ2) is 9.47. The fourth-order valence-electron chi connectivity index (χ4n) is 3.65. The highest BCUT2D eigenvalue weighted by Gasteiger charge is 2.41. The Kier molecular flexibility index (Phi) is 6.49. The summed E-state index contributed by atoms with van der Waals surface area (Å²) in [6.07, 6.45) is -2.48. The van der Waals surface area contributed by atoms with Crippen LogP contribution in [0.2, 0.25) is 0 Å². The minimum atomic E-state index is -4.76. The van der Waals surface area contributed by atoms with Gasteiger partial charge in [0.2, 0.25) is 0 Å². The molecule has 0 N–H and O–H groups in total. The monoisotopic (exact) mass is 440 g/mol. The van der Waals surface area contributed by atoms with Crippen molar-refractivity contribution in [2.75, 3.05) is 0 Å². The first kappa shape index (κ1) is 21.9. The lowest BCUT2D eigenvalue weighted by atomic mass is 9.79. The molecule has 0 radical (unpaired) electrons. The van der Waals surface area contributed by atoms with Crippen LogP contribution < -0.4 is 9.47 Å². The number of benzene rings is 3. The molecule has 32 heavy (non-hydrogen) atoms. The van der Waals surface area contributed by atoms with E-state index >= 15 is 0 Å². The van der Waals surface area contributed by atoms with Gasteiger partial charge < -0.3 is 9.47 Å². The summed E-state index contributed by atoms with van der Waals surface area (Å²) >= 11 is 0. The van der Waals surface area contributed by atoms with Crippen LogP contribution >= 0.6 is 0 Å². The summed E-state index contributed by atoms with van der Waals surface area (Å²) in [7, 11) is 0. The molecule has 0 saturated heterocycles. The van der Waals surface area contributed by atoms with Crippen LogP contribution in [0.3, 0.4) is 0 Å².